The van der Waals surface area contributed by atoms with Crippen LogP contribution in [0.1, 0.15) is 23.4 Å². The molecule has 1 unspecified atom stereocenters. The second kappa shape index (κ2) is 7.23. The molecule has 1 atom stereocenters. The lowest BCUT2D eigenvalue weighted by atomic mass is 10.0. The zero-order valence-electron chi connectivity index (χ0n) is 10.4. The first-order chi connectivity index (χ1) is 9.10. The Morgan fingerprint density at radius 3 is 2.63 bits per heavy atom. The lowest BCUT2D eigenvalue weighted by Crippen LogP contribution is -2.23. The van der Waals surface area contributed by atoms with Crippen LogP contribution in [0.25, 0.3) is 0 Å². The monoisotopic (exact) mass is 421 g/mol. The Kier molecular flexibility index (Phi) is 5.90. The number of hydrogen-bond donors (Lipinski definition) is 1. The Morgan fingerprint density at radius 1 is 1.26 bits per heavy atom. The van der Waals surface area contributed by atoms with Crippen LogP contribution in [0.3, 0.4) is 0 Å². The molecule has 1 N–H and O–H groups in total. The number of halogens is 3. The number of hydrogen-bond acceptors (Lipinski definition) is 2. The van der Waals surface area contributed by atoms with Crippen LogP contribution >= 0.6 is 54.8 Å². The Balaban J connectivity index is 2.23. The summed E-state index contributed by atoms with van der Waals surface area (Å²) in [6.07, 6.45) is 0.950. The molecule has 102 valence electrons. The minimum Gasteiger partial charge on any atom is -0.310 e. The Morgan fingerprint density at radius 2 is 2.05 bits per heavy atom. The van der Waals surface area contributed by atoms with Crippen molar-refractivity contribution >= 4 is 54.8 Å². The second-order valence-electron chi connectivity index (χ2n) is 4.19. The van der Waals surface area contributed by atoms with Gasteiger partial charge in [-0.2, -0.15) is 0 Å². The fourth-order valence-corrected chi connectivity index (χ4v) is 4.32. The molecule has 1 aromatic heterocycles. The van der Waals surface area contributed by atoms with Gasteiger partial charge in [0.15, 0.2) is 0 Å². The van der Waals surface area contributed by atoms with Gasteiger partial charge in [-0.1, -0.05) is 40.5 Å². The highest BCUT2D eigenvalue weighted by Crippen LogP contribution is 2.31. The lowest BCUT2D eigenvalue weighted by Gasteiger charge is -2.19. The summed E-state index contributed by atoms with van der Waals surface area (Å²) in [6, 6.07) is 10.6. The molecule has 0 radical (unpaired) electrons. The maximum absolute atomic E-state index is 6.36. The van der Waals surface area contributed by atoms with Gasteiger partial charge in [0.1, 0.15) is 0 Å². The van der Waals surface area contributed by atoms with Crippen molar-refractivity contribution in [3.05, 3.63) is 54.1 Å². The largest absolute Gasteiger partial charge is 0.310 e. The van der Waals surface area contributed by atoms with Crippen molar-refractivity contribution in [2.45, 2.75) is 19.4 Å². The molecule has 2 rings (SSSR count). The minimum atomic E-state index is 0.246. The average Bonchev–Trinajstić information content (AvgIpc) is 2.74. The third kappa shape index (κ3) is 4.30. The van der Waals surface area contributed by atoms with Crippen molar-refractivity contribution in [2.24, 2.45) is 0 Å². The van der Waals surface area contributed by atoms with E-state index in [0.29, 0.717) is 0 Å². The fraction of sp³-hybridized carbons (Fsp3) is 0.286. The molecule has 1 heterocycles. The molecule has 0 aliphatic carbocycles. The van der Waals surface area contributed by atoms with Crippen LogP contribution in [0.5, 0.6) is 0 Å². The predicted molar refractivity (Wildman–Crippen MR) is 91.3 cm³/mol. The molecule has 5 heteroatoms. The van der Waals surface area contributed by atoms with Gasteiger partial charge in [0.05, 0.1) is 3.79 Å². The van der Waals surface area contributed by atoms with E-state index in [1.54, 1.807) is 11.3 Å². The average molecular weight is 424 g/mol. The molecular formula is C14H14Br2ClNS. The molecule has 0 spiro atoms. The van der Waals surface area contributed by atoms with Gasteiger partial charge in [0.25, 0.3) is 0 Å². The number of rotatable bonds is 5. The highest BCUT2D eigenvalue weighted by atomic mass is 79.9. The van der Waals surface area contributed by atoms with Crippen molar-refractivity contribution in [1.29, 1.82) is 0 Å². The zero-order chi connectivity index (χ0) is 13.8. The summed E-state index contributed by atoms with van der Waals surface area (Å²) >= 11 is 15.1. The van der Waals surface area contributed by atoms with Crippen LogP contribution in [0, 0.1) is 0 Å². The van der Waals surface area contributed by atoms with Crippen LogP contribution in [-0.4, -0.2) is 6.54 Å². The van der Waals surface area contributed by atoms with Gasteiger partial charge < -0.3 is 5.32 Å². The summed E-state index contributed by atoms with van der Waals surface area (Å²) in [5.41, 5.74) is 1.15. The number of likely N-dealkylation sites (N-methyl/N-ethyl adjacent to an activating group) is 1. The molecule has 0 aliphatic rings. The highest BCUT2D eigenvalue weighted by Gasteiger charge is 2.15. The molecular weight excluding hydrogens is 409 g/mol. The van der Waals surface area contributed by atoms with Crippen molar-refractivity contribution in [3.8, 4) is 0 Å². The number of nitrogens with one attached hydrogen (secondary N) is 1. The minimum absolute atomic E-state index is 0.246. The van der Waals surface area contributed by atoms with E-state index in [2.05, 4.69) is 62.3 Å². The Bertz CT molecular complexity index is 556. The molecule has 0 saturated carbocycles. The summed E-state index contributed by atoms with van der Waals surface area (Å²) in [5.74, 6) is 0. The van der Waals surface area contributed by atoms with Crippen molar-refractivity contribution in [2.75, 3.05) is 6.54 Å². The van der Waals surface area contributed by atoms with Gasteiger partial charge in [-0.25, -0.2) is 0 Å². The first-order valence-corrected chi connectivity index (χ1v) is 8.80. The maximum Gasteiger partial charge on any atom is 0.0701 e. The van der Waals surface area contributed by atoms with Crippen LogP contribution in [0.4, 0.5) is 0 Å². The third-order valence-corrected chi connectivity index (χ3v) is 5.29. The van der Waals surface area contributed by atoms with Crippen molar-refractivity contribution in [3.63, 3.8) is 0 Å². The Hall–Kier alpha value is 0.130. The van der Waals surface area contributed by atoms with Crippen LogP contribution in [0.2, 0.25) is 5.02 Å². The van der Waals surface area contributed by atoms with E-state index < -0.39 is 0 Å². The summed E-state index contributed by atoms with van der Waals surface area (Å²) < 4.78 is 2.18. The first-order valence-electron chi connectivity index (χ1n) is 6.02. The first kappa shape index (κ1) is 15.5. The molecule has 1 nitrogen and oxygen atoms in total. The summed E-state index contributed by atoms with van der Waals surface area (Å²) in [6.45, 7) is 3.04. The second-order valence-corrected chi connectivity index (χ2v) is 8.06. The standard InChI is InChI=1S/C14H14Br2ClNS/c1-2-18-13(8-10-4-6-14(16)19-10)11-5-3-9(15)7-12(11)17/h3-7,13,18H,2,8H2,1H3. The van der Waals surface area contributed by atoms with Gasteiger partial charge in [0.2, 0.25) is 0 Å². The summed E-state index contributed by atoms with van der Waals surface area (Å²) in [5, 5.41) is 4.31. The number of thiophene rings is 1. The van der Waals surface area contributed by atoms with Gasteiger partial charge in [-0.15, -0.1) is 11.3 Å². The van der Waals surface area contributed by atoms with E-state index in [0.717, 1.165) is 28.0 Å². The van der Waals surface area contributed by atoms with Crippen molar-refractivity contribution in [1.82, 2.24) is 5.32 Å². The highest BCUT2D eigenvalue weighted by molar-refractivity contribution is 9.11. The molecule has 2 aromatic rings. The molecule has 0 saturated heterocycles. The lowest BCUT2D eigenvalue weighted by molar-refractivity contribution is 0.553. The fourth-order valence-electron chi connectivity index (χ4n) is 1.99. The smallest absolute Gasteiger partial charge is 0.0701 e. The van der Waals surface area contributed by atoms with Crippen molar-refractivity contribution < 1.29 is 0 Å². The topological polar surface area (TPSA) is 12.0 Å². The van der Waals surface area contributed by atoms with E-state index in [9.17, 15) is 0 Å². The molecule has 0 bridgehead atoms. The molecule has 1 aromatic carbocycles. The molecule has 0 fully saturated rings. The normalized spacial score (nSPS) is 12.6. The van der Waals surface area contributed by atoms with Crippen LogP contribution < -0.4 is 5.32 Å². The van der Waals surface area contributed by atoms with E-state index in [-0.39, 0.29) is 6.04 Å². The maximum atomic E-state index is 6.36. The van der Waals surface area contributed by atoms with Crippen LogP contribution in [0.15, 0.2) is 38.6 Å². The van der Waals surface area contributed by atoms with Gasteiger partial charge in [-0.05, 0) is 52.3 Å². The summed E-state index contributed by atoms with van der Waals surface area (Å²) in [7, 11) is 0. The molecule has 19 heavy (non-hydrogen) atoms. The van der Waals surface area contributed by atoms with E-state index >= 15 is 0 Å². The zero-order valence-corrected chi connectivity index (χ0v) is 15.2. The van der Waals surface area contributed by atoms with E-state index in [4.69, 9.17) is 11.6 Å². The van der Waals surface area contributed by atoms with E-state index in [1.165, 1.54) is 8.66 Å². The van der Waals surface area contributed by atoms with E-state index in [1.807, 2.05) is 12.1 Å². The predicted octanol–water partition coefficient (Wildman–Crippen LogP) is 5.82. The third-order valence-electron chi connectivity index (χ3n) is 2.82. The Labute approximate surface area is 139 Å². The summed E-state index contributed by atoms with van der Waals surface area (Å²) in [4.78, 5) is 1.34. The quantitative estimate of drug-likeness (QED) is 0.639. The number of benzene rings is 1. The molecule has 0 amide bonds. The molecule has 0 aliphatic heterocycles. The van der Waals surface area contributed by atoms with Gasteiger partial charge in [-0.3, -0.25) is 0 Å². The van der Waals surface area contributed by atoms with Gasteiger partial charge >= 0.3 is 0 Å². The van der Waals surface area contributed by atoms with Gasteiger partial charge in [0, 0.05) is 26.8 Å². The SMILES string of the molecule is CCNC(Cc1ccc(Br)s1)c1ccc(Br)cc1Cl. The van der Waals surface area contributed by atoms with Crippen LogP contribution in [-0.2, 0) is 6.42 Å².